The van der Waals surface area contributed by atoms with E-state index in [1.807, 2.05) is 0 Å². The number of nitrogens with one attached hydrogen (secondary N) is 1. The maximum Gasteiger partial charge on any atom is 0.323 e. The van der Waals surface area contributed by atoms with Crippen molar-refractivity contribution in [2.24, 2.45) is 0 Å². The van der Waals surface area contributed by atoms with E-state index in [1.165, 1.54) is 12.8 Å². The molecule has 1 unspecified atom stereocenters. The lowest BCUT2D eigenvalue weighted by atomic mass is 9.95. The van der Waals surface area contributed by atoms with Gasteiger partial charge in [0.15, 0.2) is 0 Å². The Morgan fingerprint density at radius 3 is 2.61 bits per heavy atom. The largest absolute Gasteiger partial charge is 0.480 e. The minimum absolute atomic E-state index is 0.226. The predicted molar refractivity (Wildman–Crippen MR) is 73.8 cm³/mol. The molecule has 1 aliphatic rings. The molecule has 0 amide bonds. The molecule has 1 saturated heterocycles. The zero-order chi connectivity index (χ0) is 13.8. The number of rotatable bonds is 7. The van der Waals surface area contributed by atoms with E-state index in [4.69, 9.17) is 0 Å². The Hall–Kier alpha value is -0.610. The third kappa shape index (κ3) is 3.69. The van der Waals surface area contributed by atoms with Crippen LogP contribution in [0.25, 0.3) is 0 Å². The van der Waals surface area contributed by atoms with Gasteiger partial charge in [0.25, 0.3) is 0 Å². The number of carbonyl (C=O) groups is 1. The van der Waals surface area contributed by atoms with Gasteiger partial charge in [-0.1, -0.05) is 6.92 Å². The topological polar surface area (TPSA) is 52.6 Å². The highest BCUT2D eigenvalue weighted by atomic mass is 16.4. The second kappa shape index (κ2) is 6.02. The average molecular weight is 256 g/mol. The molecule has 0 radical (unpaired) electrons. The van der Waals surface area contributed by atoms with E-state index in [2.05, 4.69) is 31.0 Å². The summed E-state index contributed by atoms with van der Waals surface area (Å²) < 4.78 is 0. The molecule has 4 heteroatoms. The molecule has 0 spiro atoms. The molecular weight excluding hydrogens is 228 g/mol. The lowest BCUT2D eigenvalue weighted by molar-refractivity contribution is -0.144. The van der Waals surface area contributed by atoms with Crippen LogP contribution in [0.5, 0.6) is 0 Å². The Morgan fingerprint density at radius 2 is 2.17 bits per heavy atom. The van der Waals surface area contributed by atoms with Gasteiger partial charge in [0.2, 0.25) is 0 Å². The monoisotopic (exact) mass is 256 g/mol. The number of hydrogen-bond acceptors (Lipinski definition) is 3. The van der Waals surface area contributed by atoms with Crippen molar-refractivity contribution < 1.29 is 9.90 Å². The summed E-state index contributed by atoms with van der Waals surface area (Å²) in [6.07, 6.45) is 4.04. The Labute approximate surface area is 111 Å². The summed E-state index contributed by atoms with van der Waals surface area (Å²) in [5.74, 6) is -0.743. The summed E-state index contributed by atoms with van der Waals surface area (Å²) in [6, 6.07) is 0. The van der Waals surface area contributed by atoms with Gasteiger partial charge in [-0.2, -0.15) is 0 Å². The minimum atomic E-state index is -0.797. The fraction of sp³-hybridized carbons (Fsp3) is 0.929. The van der Waals surface area contributed by atoms with Crippen LogP contribution in [0.1, 0.15) is 53.4 Å². The van der Waals surface area contributed by atoms with E-state index in [9.17, 15) is 9.90 Å². The van der Waals surface area contributed by atoms with Crippen LogP contribution < -0.4 is 5.32 Å². The highest BCUT2D eigenvalue weighted by molar-refractivity contribution is 5.78. The summed E-state index contributed by atoms with van der Waals surface area (Å²) in [6.45, 7) is 11.1. The lowest BCUT2D eigenvalue weighted by Gasteiger charge is -2.35. The van der Waals surface area contributed by atoms with Crippen LogP contribution in [-0.4, -0.2) is 46.7 Å². The molecule has 1 heterocycles. The second-order valence-electron chi connectivity index (χ2n) is 6.22. The van der Waals surface area contributed by atoms with Crippen LogP contribution in [0.2, 0.25) is 0 Å². The van der Waals surface area contributed by atoms with Crippen LogP contribution in [0, 0.1) is 0 Å². The van der Waals surface area contributed by atoms with E-state index in [-0.39, 0.29) is 5.54 Å². The van der Waals surface area contributed by atoms with Crippen molar-refractivity contribution in [3.05, 3.63) is 0 Å². The number of carboxylic acids is 1. The SMILES string of the molecule is CCCNC(C)(CCN1CCCC1(C)C)C(=O)O. The molecule has 0 aliphatic carbocycles. The third-order valence-electron chi connectivity index (χ3n) is 4.19. The Kier molecular flexibility index (Phi) is 5.17. The van der Waals surface area contributed by atoms with Crippen molar-refractivity contribution in [1.29, 1.82) is 0 Å². The number of nitrogens with zero attached hydrogens (tertiary/aromatic N) is 1. The fourth-order valence-electron chi connectivity index (χ4n) is 2.61. The standard InChI is InChI=1S/C14H28N2O2/c1-5-9-15-14(4,12(17)18)8-11-16-10-6-7-13(16,2)3/h15H,5-11H2,1-4H3,(H,17,18). The Morgan fingerprint density at radius 1 is 1.50 bits per heavy atom. The van der Waals surface area contributed by atoms with Crippen LogP contribution >= 0.6 is 0 Å². The molecule has 0 aromatic carbocycles. The van der Waals surface area contributed by atoms with Crippen molar-refractivity contribution in [2.45, 2.75) is 64.5 Å². The number of aliphatic carboxylic acids is 1. The maximum atomic E-state index is 11.4. The van der Waals surface area contributed by atoms with Crippen molar-refractivity contribution >= 4 is 5.97 Å². The summed E-state index contributed by atoms with van der Waals surface area (Å²) >= 11 is 0. The number of carboxylic acid groups (broad SMARTS) is 1. The van der Waals surface area contributed by atoms with E-state index < -0.39 is 11.5 Å². The van der Waals surface area contributed by atoms with E-state index in [0.29, 0.717) is 6.42 Å². The van der Waals surface area contributed by atoms with Gasteiger partial charge in [-0.05, 0) is 59.5 Å². The molecule has 0 bridgehead atoms. The predicted octanol–water partition coefficient (Wildman–Crippen LogP) is 2.09. The molecule has 0 saturated carbocycles. The molecule has 0 aromatic heterocycles. The molecule has 0 aromatic rings. The van der Waals surface area contributed by atoms with Crippen molar-refractivity contribution in [3.8, 4) is 0 Å². The minimum Gasteiger partial charge on any atom is -0.480 e. The smallest absolute Gasteiger partial charge is 0.323 e. The Balaban J connectivity index is 2.54. The normalized spacial score (nSPS) is 22.9. The van der Waals surface area contributed by atoms with Gasteiger partial charge < -0.3 is 10.4 Å². The summed E-state index contributed by atoms with van der Waals surface area (Å²) in [7, 11) is 0. The zero-order valence-corrected chi connectivity index (χ0v) is 12.3. The van der Waals surface area contributed by atoms with Gasteiger partial charge >= 0.3 is 5.97 Å². The lowest BCUT2D eigenvalue weighted by Crippen LogP contribution is -2.52. The van der Waals surface area contributed by atoms with Gasteiger partial charge in [-0.3, -0.25) is 9.69 Å². The van der Waals surface area contributed by atoms with Crippen LogP contribution in [0.15, 0.2) is 0 Å². The number of hydrogen-bond donors (Lipinski definition) is 2. The van der Waals surface area contributed by atoms with Crippen LogP contribution in [-0.2, 0) is 4.79 Å². The molecule has 4 nitrogen and oxygen atoms in total. The van der Waals surface area contributed by atoms with E-state index in [1.54, 1.807) is 6.92 Å². The zero-order valence-electron chi connectivity index (χ0n) is 12.3. The first-order valence-electron chi connectivity index (χ1n) is 7.05. The van der Waals surface area contributed by atoms with Crippen molar-refractivity contribution in [2.75, 3.05) is 19.6 Å². The highest BCUT2D eigenvalue weighted by Gasteiger charge is 2.36. The van der Waals surface area contributed by atoms with Crippen molar-refractivity contribution in [3.63, 3.8) is 0 Å². The van der Waals surface area contributed by atoms with E-state index in [0.717, 1.165) is 26.1 Å². The highest BCUT2D eigenvalue weighted by Crippen LogP contribution is 2.29. The first-order valence-corrected chi connectivity index (χ1v) is 7.05. The average Bonchev–Trinajstić information content (AvgIpc) is 2.63. The van der Waals surface area contributed by atoms with Crippen LogP contribution in [0.3, 0.4) is 0 Å². The summed E-state index contributed by atoms with van der Waals surface area (Å²) in [5.41, 5.74) is -0.571. The first kappa shape index (κ1) is 15.4. The van der Waals surface area contributed by atoms with Crippen molar-refractivity contribution in [1.82, 2.24) is 10.2 Å². The van der Waals surface area contributed by atoms with Gasteiger partial charge in [0, 0.05) is 12.1 Å². The number of likely N-dealkylation sites (tertiary alicyclic amines) is 1. The molecule has 1 rings (SSSR count). The quantitative estimate of drug-likeness (QED) is 0.732. The molecule has 106 valence electrons. The molecule has 1 aliphatic heterocycles. The molecule has 1 atom stereocenters. The third-order valence-corrected chi connectivity index (χ3v) is 4.19. The molecule has 1 fully saturated rings. The van der Waals surface area contributed by atoms with Gasteiger partial charge in [-0.25, -0.2) is 0 Å². The summed E-state index contributed by atoms with van der Waals surface area (Å²) in [5, 5.41) is 12.6. The van der Waals surface area contributed by atoms with Gasteiger partial charge in [0.05, 0.1) is 0 Å². The summed E-state index contributed by atoms with van der Waals surface area (Å²) in [4.78, 5) is 13.8. The first-order chi connectivity index (χ1) is 8.32. The maximum absolute atomic E-state index is 11.4. The fourth-order valence-corrected chi connectivity index (χ4v) is 2.61. The van der Waals surface area contributed by atoms with Crippen LogP contribution in [0.4, 0.5) is 0 Å². The second-order valence-corrected chi connectivity index (χ2v) is 6.22. The molecular formula is C14H28N2O2. The molecule has 2 N–H and O–H groups in total. The van der Waals surface area contributed by atoms with Gasteiger partial charge in [0.1, 0.15) is 5.54 Å². The molecule has 18 heavy (non-hydrogen) atoms. The Bertz CT molecular complexity index is 292. The van der Waals surface area contributed by atoms with Gasteiger partial charge in [-0.15, -0.1) is 0 Å². The van der Waals surface area contributed by atoms with E-state index >= 15 is 0 Å².